The van der Waals surface area contributed by atoms with Crippen LogP contribution >= 0.6 is 23.1 Å². The molecule has 0 bridgehead atoms. The summed E-state index contributed by atoms with van der Waals surface area (Å²) in [5.74, 6) is 1.77. The van der Waals surface area contributed by atoms with Gasteiger partial charge in [0.1, 0.15) is 16.2 Å². The van der Waals surface area contributed by atoms with Gasteiger partial charge < -0.3 is 0 Å². The van der Waals surface area contributed by atoms with E-state index in [2.05, 4.69) is 47.2 Å². The molecule has 0 N–H and O–H groups in total. The van der Waals surface area contributed by atoms with Gasteiger partial charge in [-0.25, -0.2) is 9.97 Å². The van der Waals surface area contributed by atoms with Gasteiger partial charge in [-0.2, -0.15) is 0 Å². The van der Waals surface area contributed by atoms with Crippen LogP contribution in [0, 0.1) is 5.92 Å². The molecular formula is C18H18N2S2. The van der Waals surface area contributed by atoms with Gasteiger partial charge in [-0.3, -0.25) is 0 Å². The maximum Gasteiger partial charge on any atom is 0.128 e. The summed E-state index contributed by atoms with van der Waals surface area (Å²) >= 11 is 3.71. The summed E-state index contributed by atoms with van der Waals surface area (Å²) in [7, 11) is 0. The quantitative estimate of drug-likeness (QED) is 0.494. The molecule has 112 valence electrons. The van der Waals surface area contributed by atoms with Crippen LogP contribution in [0.25, 0.3) is 10.2 Å². The van der Waals surface area contributed by atoms with Crippen molar-refractivity contribution in [2.45, 2.75) is 37.0 Å². The van der Waals surface area contributed by atoms with E-state index in [4.69, 9.17) is 0 Å². The van der Waals surface area contributed by atoms with Gasteiger partial charge in [0.05, 0.1) is 0 Å². The number of thioether (sulfide) groups is 1. The van der Waals surface area contributed by atoms with Crippen molar-refractivity contribution >= 4 is 33.3 Å². The molecule has 3 aromatic rings. The van der Waals surface area contributed by atoms with E-state index in [1.165, 1.54) is 45.5 Å². The van der Waals surface area contributed by atoms with Crippen molar-refractivity contribution in [1.82, 2.24) is 9.97 Å². The molecule has 4 heteroatoms. The van der Waals surface area contributed by atoms with E-state index in [0.29, 0.717) is 0 Å². The highest BCUT2D eigenvalue weighted by atomic mass is 32.2. The third-order valence-corrected chi connectivity index (χ3v) is 6.50. The van der Waals surface area contributed by atoms with Gasteiger partial charge in [0.2, 0.25) is 0 Å². The zero-order valence-corrected chi connectivity index (χ0v) is 14.2. The van der Waals surface area contributed by atoms with Gasteiger partial charge in [-0.15, -0.1) is 23.1 Å². The van der Waals surface area contributed by atoms with Crippen molar-refractivity contribution in [3.05, 3.63) is 52.7 Å². The number of aryl methyl sites for hydroxylation is 1. The van der Waals surface area contributed by atoms with Crippen molar-refractivity contribution in [3.63, 3.8) is 0 Å². The van der Waals surface area contributed by atoms with Gasteiger partial charge in [-0.1, -0.05) is 37.3 Å². The minimum absolute atomic E-state index is 0.800. The summed E-state index contributed by atoms with van der Waals surface area (Å²) in [4.78, 5) is 11.8. The molecule has 1 atom stereocenters. The Morgan fingerprint density at radius 3 is 2.95 bits per heavy atom. The molecule has 0 radical (unpaired) electrons. The first kappa shape index (κ1) is 14.2. The minimum atomic E-state index is 0.800. The van der Waals surface area contributed by atoms with Crippen molar-refractivity contribution in [3.8, 4) is 0 Å². The van der Waals surface area contributed by atoms with Crippen LogP contribution in [-0.2, 0) is 18.6 Å². The molecule has 0 saturated heterocycles. The molecular weight excluding hydrogens is 308 g/mol. The Hall–Kier alpha value is -1.39. The number of fused-ring (bicyclic) bond motifs is 3. The van der Waals surface area contributed by atoms with Crippen LogP contribution in [-0.4, -0.2) is 9.97 Å². The van der Waals surface area contributed by atoms with Crippen molar-refractivity contribution in [2.24, 2.45) is 5.92 Å². The Labute approximate surface area is 139 Å². The summed E-state index contributed by atoms with van der Waals surface area (Å²) in [6.45, 7) is 2.35. The Balaban J connectivity index is 1.69. The van der Waals surface area contributed by atoms with Crippen molar-refractivity contribution in [2.75, 3.05) is 0 Å². The number of aromatic nitrogens is 2. The number of thiophene rings is 1. The summed E-state index contributed by atoms with van der Waals surface area (Å²) in [6.07, 6.45) is 5.40. The number of hydrogen-bond donors (Lipinski definition) is 0. The standard InChI is InChI=1S/C18H18N2S2/c1-12-7-8-14-15(9-12)22-18-16(14)17(19-11-20-18)21-10-13-5-3-2-4-6-13/h2-6,11-12H,7-10H2,1H3. The Kier molecular flexibility index (Phi) is 3.89. The fourth-order valence-electron chi connectivity index (χ4n) is 3.08. The molecule has 2 aromatic heterocycles. The smallest absolute Gasteiger partial charge is 0.128 e. The van der Waals surface area contributed by atoms with Gasteiger partial charge >= 0.3 is 0 Å². The maximum absolute atomic E-state index is 4.58. The highest BCUT2D eigenvalue weighted by molar-refractivity contribution is 7.98. The Bertz CT molecular complexity index is 795. The van der Waals surface area contributed by atoms with Crippen LogP contribution in [0.1, 0.15) is 29.3 Å². The number of hydrogen-bond acceptors (Lipinski definition) is 4. The minimum Gasteiger partial charge on any atom is -0.229 e. The number of nitrogens with zero attached hydrogens (tertiary/aromatic N) is 2. The zero-order valence-electron chi connectivity index (χ0n) is 12.6. The molecule has 2 nitrogen and oxygen atoms in total. The van der Waals surface area contributed by atoms with E-state index in [0.717, 1.165) is 16.7 Å². The molecule has 0 saturated carbocycles. The first-order chi connectivity index (χ1) is 10.8. The number of benzene rings is 1. The fourth-order valence-corrected chi connectivity index (χ4v) is 5.48. The molecule has 0 amide bonds. The van der Waals surface area contributed by atoms with Crippen LogP contribution in [0.2, 0.25) is 0 Å². The van der Waals surface area contributed by atoms with Crippen LogP contribution < -0.4 is 0 Å². The van der Waals surface area contributed by atoms with Gasteiger partial charge in [0.25, 0.3) is 0 Å². The lowest BCUT2D eigenvalue weighted by Crippen LogP contribution is -2.08. The van der Waals surface area contributed by atoms with Crippen molar-refractivity contribution < 1.29 is 0 Å². The second-order valence-corrected chi connectivity index (χ2v) is 8.03. The lowest BCUT2D eigenvalue weighted by Gasteiger charge is -2.18. The number of rotatable bonds is 3. The lowest BCUT2D eigenvalue weighted by atomic mass is 9.89. The Morgan fingerprint density at radius 2 is 2.09 bits per heavy atom. The molecule has 1 unspecified atom stereocenters. The monoisotopic (exact) mass is 326 g/mol. The van der Waals surface area contributed by atoms with Gasteiger partial charge in [0.15, 0.2) is 0 Å². The topological polar surface area (TPSA) is 25.8 Å². The normalized spacial score (nSPS) is 17.6. The highest BCUT2D eigenvalue weighted by Gasteiger charge is 2.23. The van der Waals surface area contributed by atoms with Crippen molar-refractivity contribution in [1.29, 1.82) is 0 Å². The first-order valence-electron chi connectivity index (χ1n) is 7.73. The lowest BCUT2D eigenvalue weighted by molar-refractivity contribution is 0.509. The SMILES string of the molecule is CC1CCc2c(sc3ncnc(SCc4ccccc4)c23)C1. The summed E-state index contributed by atoms with van der Waals surface area (Å²) in [6, 6.07) is 10.6. The van der Waals surface area contributed by atoms with Gasteiger partial charge in [0, 0.05) is 16.0 Å². The van der Waals surface area contributed by atoms with E-state index in [-0.39, 0.29) is 0 Å². The summed E-state index contributed by atoms with van der Waals surface area (Å²) in [5.41, 5.74) is 2.87. The van der Waals surface area contributed by atoms with Crippen LogP contribution in [0.4, 0.5) is 0 Å². The molecule has 1 aromatic carbocycles. The van der Waals surface area contributed by atoms with Crippen LogP contribution in [0.3, 0.4) is 0 Å². The third kappa shape index (κ3) is 2.66. The highest BCUT2D eigenvalue weighted by Crippen LogP contribution is 2.40. The third-order valence-electron chi connectivity index (χ3n) is 4.28. The van der Waals surface area contributed by atoms with E-state index in [1.807, 2.05) is 23.1 Å². The zero-order chi connectivity index (χ0) is 14.9. The van der Waals surface area contributed by atoms with E-state index in [1.54, 1.807) is 6.33 Å². The van der Waals surface area contributed by atoms with E-state index < -0.39 is 0 Å². The maximum atomic E-state index is 4.58. The summed E-state index contributed by atoms with van der Waals surface area (Å²) in [5, 5.41) is 2.48. The first-order valence-corrected chi connectivity index (χ1v) is 9.53. The molecule has 0 spiro atoms. The Morgan fingerprint density at radius 1 is 1.23 bits per heavy atom. The average molecular weight is 326 g/mol. The largest absolute Gasteiger partial charge is 0.229 e. The summed E-state index contributed by atoms with van der Waals surface area (Å²) < 4.78 is 0. The van der Waals surface area contributed by atoms with Crippen LogP contribution in [0.5, 0.6) is 0 Å². The molecule has 1 aliphatic carbocycles. The van der Waals surface area contributed by atoms with E-state index >= 15 is 0 Å². The molecule has 1 aliphatic rings. The average Bonchev–Trinajstić information content (AvgIpc) is 2.91. The second kappa shape index (κ2) is 6.01. The molecule has 2 heterocycles. The van der Waals surface area contributed by atoms with Gasteiger partial charge in [-0.05, 0) is 36.3 Å². The fraction of sp³-hybridized carbons (Fsp3) is 0.333. The predicted octanol–water partition coefficient (Wildman–Crippen LogP) is 5.11. The van der Waals surface area contributed by atoms with E-state index in [9.17, 15) is 0 Å². The molecule has 0 aliphatic heterocycles. The molecule has 22 heavy (non-hydrogen) atoms. The predicted molar refractivity (Wildman–Crippen MR) is 94.6 cm³/mol. The van der Waals surface area contributed by atoms with Crippen LogP contribution in [0.15, 0.2) is 41.7 Å². The molecule has 0 fully saturated rings. The second-order valence-electron chi connectivity index (χ2n) is 5.99. The molecule has 4 rings (SSSR count).